The Morgan fingerprint density at radius 1 is 1.28 bits per heavy atom. The van der Waals surface area contributed by atoms with E-state index in [4.69, 9.17) is 29.0 Å². The zero-order chi connectivity index (χ0) is 20.8. The van der Waals surface area contributed by atoms with Gasteiger partial charge >= 0.3 is 0 Å². The molecule has 1 heterocycles. The van der Waals surface area contributed by atoms with E-state index >= 15 is 0 Å². The lowest BCUT2D eigenvalue weighted by molar-refractivity contribution is -0.113. The Bertz CT molecular complexity index is 1060. The van der Waals surface area contributed by atoms with E-state index in [1.807, 2.05) is 0 Å². The van der Waals surface area contributed by atoms with E-state index in [1.54, 1.807) is 24.3 Å². The molecule has 12 heteroatoms. The first-order valence-electron chi connectivity index (χ1n) is 8.06. The number of nitrogens with zero attached hydrogens (tertiary/aromatic N) is 4. The van der Waals surface area contributed by atoms with Gasteiger partial charge in [0, 0.05) is 11.3 Å². The molecule has 1 aromatic heterocycles. The van der Waals surface area contributed by atoms with Crippen LogP contribution in [-0.4, -0.2) is 32.7 Å². The molecule has 0 unspecified atom stereocenters. The first-order valence-corrected chi connectivity index (χ1v) is 9.80. The number of aromatic nitrogens is 3. The van der Waals surface area contributed by atoms with Crippen LogP contribution >= 0.6 is 35.0 Å². The smallest absolute Gasteiger partial charge is 0.264 e. The number of nitrogen functional groups attached to an aromatic ring is 1. The minimum Gasteiger partial charge on any atom is -0.334 e. The normalized spacial score (nSPS) is 11.0. The third-order valence-electron chi connectivity index (χ3n) is 3.45. The molecule has 0 bridgehead atoms. The number of thioether (sulfide) groups is 1. The Labute approximate surface area is 179 Å². The van der Waals surface area contributed by atoms with Gasteiger partial charge in [-0.1, -0.05) is 53.2 Å². The van der Waals surface area contributed by atoms with E-state index in [9.17, 15) is 9.18 Å². The number of hydrazone groups is 1. The van der Waals surface area contributed by atoms with Crippen molar-refractivity contribution in [2.75, 3.05) is 22.3 Å². The Balaban J connectivity index is 1.55. The van der Waals surface area contributed by atoms with Crippen molar-refractivity contribution >= 4 is 58.7 Å². The van der Waals surface area contributed by atoms with Crippen LogP contribution in [0.25, 0.3) is 0 Å². The second-order valence-electron chi connectivity index (χ2n) is 5.54. The Hall–Kier alpha value is -2.82. The maximum atomic E-state index is 13.1. The highest BCUT2D eigenvalue weighted by atomic mass is 35.5. The van der Waals surface area contributed by atoms with Gasteiger partial charge in [-0.3, -0.25) is 4.79 Å². The van der Waals surface area contributed by atoms with E-state index in [-0.39, 0.29) is 22.8 Å². The number of halogens is 3. The molecule has 0 radical (unpaired) electrons. The molecule has 0 aliphatic heterocycles. The summed E-state index contributed by atoms with van der Waals surface area (Å²) in [5.41, 5.74) is 3.61. The van der Waals surface area contributed by atoms with Gasteiger partial charge in [-0.05, 0) is 24.3 Å². The number of carbonyl (C=O) groups excluding carboxylic acids is 1. The summed E-state index contributed by atoms with van der Waals surface area (Å²) < 4.78 is 14.3. The van der Waals surface area contributed by atoms with Crippen molar-refractivity contribution in [3.05, 3.63) is 63.9 Å². The maximum Gasteiger partial charge on any atom is 0.264 e. The zero-order valence-corrected chi connectivity index (χ0v) is 17.0. The summed E-state index contributed by atoms with van der Waals surface area (Å²) in [5, 5.41) is 15.4. The second-order valence-corrected chi connectivity index (χ2v) is 7.26. The van der Waals surface area contributed by atoms with Gasteiger partial charge < -0.3 is 11.2 Å². The molecule has 0 fully saturated rings. The van der Waals surface area contributed by atoms with Gasteiger partial charge in [-0.25, -0.2) is 14.5 Å². The zero-order valence-electron chi connectivity index (χ0n) is 14.6. The Kier molecular flexibility index (Phi) is 6.91. The molecule has 1 amide bonds. The highest BCUT2D eigenvalue weighted by molar-refractivity contribution is 7.99. The standard InChI is InChI=1S/C17H14Cl2FN7OS/c18-13-6-1-3-10(15(13)19)8-22-24-16-25-26-17(27(16)21)29-9-14(28)23-12-5-2-4-11(20)7-12/h1-8H,9,21H2,(H,23,28)(H,24,25)/b22-8+. The first kappa shape index (κ1) is 20.9. The van der Waals surface area contributed by atoms with Gasteiger partial charge in [-0.15, -0.1) is 10.2 Å². The number of amides is 1. The van der Waals surface area contributed by atoms with E-state index in [2.05, 4.69) is 26.0 Å². The molecule has 150 valence electrons. The number of benzene rings is 2. The Morgan fingerprint density at radius 3 is 2.86 bits per heavy atom. The second kappa shape index (κ2) is 9.59. The lowest BCUT2D eigenvalue weighted by Crippen LogP contribution is -2.17. The summed E-state index contributed by atoms with van der Waals surface area (Å²) in [7, 11) is 0. The van der Waals surface area contributed by atoms with Crippen LogP contribution < -0.4 is 16.6 Å². The molecule has 0 atom stereocenters. The van der Waals surface area contributed by atoms with Crippen LogP contribution in [-0.2, 0) is 4.79 Å². The predicted octanol–water partition coefficient (Wildman–Crippen LogP) is 3.61. The molecule has 0 spiro atoms. The van der Waals surface area contributed by atoms with Gasteiger partial charge in [-0.2, -0.15) is 5.10 Å². The van der Waals surface area contributed by atoms with Gasteiger partial charge in [0.25, 0.3) is 5.95 Å². The van der Waals surface area contributed by atoms with Crippen LogP contribution in [0, 0.1) is 5.82 Å². The summed E-state index contributed by atoms with van der Waals surface area (Å²) in [6.45, 7) is 0. The topological polar surface area (TPSA) is 110 Å². The Morgan fingerprint density at radius 2 is 2.07 bits per heavy atom. The minimum absolute atomic E-state index is 0.00718. The SMILES string of the molecule is Nn1c(N/N=C/c2cccc(Cl)c2Cl)nnc1SCC(=O)Nc1cccc(F)c1. The number of nitrogens with two attached hydrogens (primary N) is 1. The molecule has 2 aromatic carbocycles. The fourth-order valence-electron chi connectivity index (χ4n) is 2.12. The van der Waals surface area contributed by atoms with E-state index in [0.29, 0.717) is 21.3 Å². The lowest BCUT2D eigenvalue weighted by Gasteiger charge is -2.05. The van der Waals surface area contributed by atoms with Crippen LogP contribution in [0.4, 0.5) is 16.0 Å². The summed E-state index contributed by atoms with van der Waals surface area (Å²) >= 11 is 13.1. The van der Waals surface area contributed by atoms with Crippen molar-refractivity contribution in [2.45, 2.75) is 5.16 Å². The molecule has 0 saturated heterocycles. The van der Waals surface area contributed by atoms with Crippen molar-refractivity contribution in [3.63, 3.8) is 0 Å². The number of anilines is 2. The van der Waals surface area contributed by atoms with Crippen molar-refractivity contribution in [2.24, 2.45) is 5.10 Å². The molecule has 4 N–H and O–H groups in total. The van der Waals surface area contributed by atoms with E-state index in [1.165, 1.54) is 24.4 Å². The summed E-state index contributed by atoms with van der Waals surface area (Å²) in [4.78, 5) is 12.0. The monoisotopic (exact) mass is 453 g/mol. The quantitative estimate of drug-likeness (QED) is 0.218. The van der Waals surface area contributed by atoms with Crippen LogP contribution in [0.3, 0.4) is 0 Å². The number of carbonyl (C=O) groups is 1. The molecule has 0 aliphatic carbocycles. The van der Waals surface area contributed by atoms with Crippen LogP contribution in [0.2, 0.25) is 10.0 Å². The minimum atomic E-state index is -0.438. The first-order chi connectivity index (χ1) is 13.9. The molecule has 0 saturated carbocycles. The molecule has 3 rings (SSSR count). The average Bonchev–Trinajstić information content (AvgIpc) is 3.03. The molecule has 3 aromatic rings. The number of hydrogen-bond donors (Lipinski definition) is 3. The van der Waals surface area contributed by atoms with Gasteiger partial charge in [0.1, 0.15) is 5.82 Å². The van der Waals surface area contributed by atoms with E-state index in [0.717, 1.165) is 16.4 Å². The third kappa shape index (κ3) is 5.59. The maximum absolute atomic E-state index is 13.1. The largest absolute Gasteiger partial charge is 0.334 e. The van der Waals surface area contributed by atoms with Gasteiger partial charge in [0.05, 0.1) is 22.0 Å². The molecule has 29 heavy (non-hydrogen) atoms. The number of hydrogen-bond acceptors (Lipinski definition) is 7. The average molecular weight is 454 g/mol. The van der Waals surface area contributed by atoms with Gasteiger partial charge in [0.2, 0.25) is 11.1 Å². The van der Waals surface area contributed by atoms with Gasteiger partial charge in [0.15, 0.2) is 0 Å². The summed E-state index contributed by atoms with van der Waals surface area (Å²) in [6, 6.07) is 10.8. The van der Waals surface area contributed by atoms with Crippen LogP contribution in [0.15, 0.2) is 52.7 Å². The predicted molar refractivity (Wildman–Crippen MR) is 114 cm³/mol. The van der Waals surface area contributed by atoms with Crippen molar-refractivity contribution in [1.29, 1.82) is 0 Å². The fourth-order valence-corrected chi connectivity index (χ4v) is 3.14. The molecular weight excluding hydrogens is 440 g/mol. The highest BCUT2D eigenvalue weighted by Gasteiger charge is 2.12. The summed E-state index contributed by atoms with van der Waals surface area (Å²) in [5.74, 6) is 5.29. The van der Waals surface area contributed by atoms with E-state index < -0.39 is 5.82 Å². The van der Waals surface area contributed by atoms with Crippen LogP contribution in [0.1, 0.15) is 5.56 Å². The summed E-state index contributed by atoms with van der Waals surface area (Å²) in [6.07, 6.45) is 1.46. The molecule has 0 aliphatic rings. The van der Waals surface area contributed by atoms with Crippen LogP contribution in [0.5, 0.6) is 0 Å². The highest BCUT2D eigenvalue weighted by Crippen LogP contribution is 2.24. The number of rotatable bonds is 7. The van der Waals surface area contributed by atoms with Crippen molar-refractivity contribution in [3.8, 4) is 0 Å². The molecule has 8 nitrogen and oxygen atoms in total. The molecular formula is C17H14Cl2FN7OS. The van der Waals surface area contributed by atoms with Crippen molar-refractivity contribution in [1.82, 2.24) is 14.9 Å². The third-order valence-corrected chi connectivity index (χ3v) is 5.23. The van der Waals surface area contributed by atoms with Crippen molar-refractivity contribution < 1.29 is 9.18 Å². The lowest BCUT2D eigenvalue weighted by atomic mass is 10.2. The fraction of sp³-hybridized carbons (Fsp3) is 0.0588. The number of nitrogens with one attached hydrogen (secondary N) is 2.